The zero-order valence-corrected chi connectivity index (χ0v) is 12.4. The smallest absolute Gasteiger partial charge is 0.340 e. The molecule has 0 N–H and O–H groups in total. The molecule has 110 valence electrons. The highest BCUT2D eigenvalue weighted by Crippen LogP contribution is 2.23. The molecule has 0 amide bonds. The Bertz CT molecular complexity index is 479. The Morgan fingerprint density at radius 2 is 2.00 bits per heavy atom. The third kappa shape index (κ3) is 3.57. The molecule has 2 atom stereocenters. The molecule has 0 saturated carbocycles. The van der Waals surface area contributed by atoms with Crippen molar-refractivity contribution in [2.45, 2.75) is 26.8 Å². The highest BCUT2D eigenvalue weighted by molar-refractivity contribution is 5.89. The van der Waals surface area contributed by atoms with Gasteiger partial charge in [0.1, 0.15) is 5.82 Å². The first-order chi connectivity index (χ1) is 9.49. The normalized spacial score (nSPS) is 23.6. The topological polar surface area (TPSA) is 29.5 Å². The molecule has 1 aliphatic rings. The molecular formula is C16H22FNO2. The molecule has 4 heteroatoms. The second-order valence-corrected chi connectivity index (χ2v) is 5.95. The van der Waals surface area contributed by atoms with Crippen LogP contribution in [0, 0.1) is 17.7 Å². The third-order valence-electron chi connectivity index (χ3n) is 3.79. The lowest BCUT2D eigenvalue weighted by atomic mass is 9.91. The first kappa shape index (κ1) is 15.0. The summed E-state index contributed by atoms with van der Waals surface area (Å²) in [6, 6.07) is 4.75. The Labute approximate surface area is 119 Å². The number of esters is 1. The summed E-state index contributed by atoms with van der Waals surface area (Å²) in [4.78, 5) is 13.7. The summed E-state index contributed by atoms with van der Waals surface area (Å²) in [5.41, 5.74) is 0.896. The highest BCUT2D eigenvalue weighted by Gasteiger charge is 2.22. The van der Waals surface area contributed by atoms with E-state index in [9.17, 15) is 9.18 Å². The van der Waals surface area contributed by atoms with E-state index in [1.54, 1.807) is 6.07 Å². The van der Waals surface area contributed by atoms with Gasteiger partial charge in [-0.2, -0.15) is 0 Å². The molecule has 1 aliphatic heterocycles. The monoisotopic (exact) mass is 279 g/mol. The highest BCUT2D eigenvalue weighted by atomic mass is 19.1. The van der Waals surface area contributed by atoms with Gasteiger partial charge in [0.2, 0.25) is 0 Å². The number of hydrogen-bond donors (Lipinski definition) is 0. The van der Waals surface area contributed by atoms with E-state index in [0.717, 1.165) is 25.2 Å². The van der Waals surface area contributed by atoms with Gasteiger partial charge >= 0.3 is 5.97 Å². The van der Waals surface area contributed by atoms with Gasteiger partial charge in [0.05, 0.1) is 12.7 Å². The quantitative estimate of drug-likeness (QED) is 0.796. The Kier molecular flexibility index (Phi) is 4.76. The number of hydrogen-bond acceptors (Lipinski definition) is 3. The van der Waals surface area contributed by atoms with Crippen LogP contribution in [0.2, 0.25) is 0 Å². The fraction of sp³-hybridized carbons (Fsp3) is 0.562. The average Bonchev–Trinajstić information content (AvgIpc) is 2.36. The van der Waals surface area contributed by atoms with Crippen LogP contribution in [0.3, 0.4) is 0 Å². The van der Waals surface area contributed by atoms with E-state index in [2.05, 4.69) is 23.5 Å². The maximum absolute atomic E-state index is 13.9. The number of methoxy groups -OCH3 is 1. The van der Waals surface area contributed by atoms with E-state index in [1.807, 2.05) is 0 Å². The van der Waals surface area contributed by atoms with Crippen molar-refractivity contribution >= 4 is 5.97 Å². The number of ether oxygens (including phenoxy) is 1. The van der Waals surface area contributed by atoms with Crippen molar-refractivity contribution in [3.05, 3.63) is 35.1 Å². The van der Waals surface area contributed by atoms with E-state index < -0.39 is 11.8 Å². The minimum absolute atomic E-state index is 0.00312. The molecule has 0 spiro atoms. The molecule has 1 heterocycles. The van der Waals surface area contributed by atoms with E-state index >= 15 is 0 Å². The summed E-state index contributed by atoms with van der Waals surface area (Å²) in [6.07, 6.45) is 1.26. The van der Waals surface area contributed by atoms with Crippen molar-refractivity contribution in [1.82, 2.24) is 4.90 Å². The van der Waals surface area contributed by atoms with Crippen LogP contribution in [-0.2, 0) is 11.3 Å². The molecule has 1 aromatic rings. The summed E-state index contributed by atoms with van der Waals surface area (Å²) in [5.74, 6) is 0.220. The molecule has 0 radical (unpaired) electrons. The second kappa shape index (κ2) is 6.35. The molecule has 1 saturated heterocycles. The van der Waals surface area contributed by atoms with Crippen molar-refractivity contribution in [2.75, 3.05) is 20.2 Å². The Hall–Kier alpha value is -1.42. The average molecular weight is 279 g/mol. The van der Waals surface area contributed by atoms with E-state index in [1.165, 1.54) is 25.7 Å². The number of carbonyl (C=O) groups is 1. The molecule has 2 unspecified atom stereocenters. The minimum Gasteiger partial charge on any atom is -0.465 e. The molecule has 20 heavy (non-hydrogen) atoms. The fourth-order valence-corrected chi connectivity index (χ4v) is 3.11. The number of nitrogens with zero attached hydrogens (tertiary/aromatic N) is 1. The van der Waals surface area contributed by atoms with Crippen LogP contribution in [0.1, 0.15) is 36.2 Å². The maximum Gasteiger partial charge on any atom is 0.340 e. The van der Waals surface area contributed by atoms with Crippen LogP contribution < -0.4 is 0 Å². The summed E-state index contributed by atoms with van der Waals surface area (Å²) in [6.45, 7) is 7.33. The van der Waals surface area contributed by atoms with E-state index in [4.69, 9.17) is 0 Å². The molecule has 1 fully saturated rings. The molecule has 2 rings (SSSR count). The number of halogens is 1. The van der Waals surface area contributed by atoms with Crippen molar-refractivity contribution in [3.63, 3.8) is 0 Å². The second-order valence-electron chi connectivity index (χ2n) is 5.95. The third-order valence-corrected chi connectivity index (χ3v) is 3.79. The lowest BCUT2D eigenvalue weighted by Crippen LogP contribution is -2.38. The van der Waals surface area contributed by atoms with Gasteiger partial charge in [-0.15, -0.1) is 0 Å². The molecule has 3 nitrogen and oxygen atoms in total. The summed E-state index contributed by atoms with van der Waals surface area (Å²) in [5, 5.41) is 0. The van der Waals surface area contributed by atoms with Crippen molar-refractivity contribution in [3.8, 4) is 0 Å². The van der Waals surface area contributed by atoms with Gasteiger partial charge in [0.25, 0.3) is 0 Å². The predicted molar refractivity (Wildman–Crippen MR) is 76.0 cm³/mol. The van der Waals surface area contributed by atoms with Gasteiger partial charge in [-0.05, 0) is 36.0 Å². The fourth-order valence-electron chi connectivity index (χ4n) is 3.11. The standard InChI is InChI=1S/C16H22FNO2/c1-11-6-12(2)9-18(8-11)10-13-4-5-14(15(17)7-13)16(19)20-3/h4-5,7,11-12H,6,8-10H2,1-3H3. The van der Waals surface area contributed by atoms with Gasteiger partial charge < -0.3 is 4.74 Å². The number of likely N-dealkylation sites (tertiary alicyclic amines) is 1. The van der Waals surface area contributed by atoms with Gasteiger partial charge in [-0.25, -0.2) is 9.18 Å². The van der Waals surface area contributed by atoms with Crippen LogP contribution in [0.5, 0.6) is 0 Å². The van der Waals surface area contributed by atoms with Crippen molar-refractivity contribution < 1.29 is 13.9 Å². The summed E-state index contributed by atoms with van der Waals surface area (Å²) in [7, 11) is 1.26. The zero-order valence-electron chi connectivity index (χ0n) is 12.4. The molecule has 1 aromatic carbocycles. The number of rotatable bonds is 3. The van der Waals surface area contributed by atoms with Gasteiger partial charge in [-0.3, -0.25) is 4.90 Å². The van der Waals surface area contributed by atoms with Crippen LogP contribution in [-0.4, -0.2) is 31.1 Å². The maximum atomic E-state index is 13.9. The molecular weight excluding hydrogens is 257 g/mol. The zero-order chi connectivity index (χ0) is 14.7. The number of benzene rings is 1. The first-order valence-electron chi connectivity index (χ1n) is 7.08. The van der Waals surface area contributed by atoms with Crippen LogP contribution in [0.15, 0.2) is 18.2 Å². The van der Waals surface area contributed by atoms with Gasteiger partial charge in [0, 0.05) is 19.6 Å². The van der Waals surface area contributed by atoms with Crippen molar-refractivity contribution in [2.24, 2.45) is 11.8 Å². The largest absolute Gasteiger partial charge is 0.465 e. The SMILES string of the molecule is COC(=O)c1ccc(CN2CC(C)CC(C)C2)cc1F. The molecule has 0 bridgehead atoms. The number of piperidine rings is 1. The molecule has 0 aromatic heterocycles. The Morgan fingerprint density at radius 3 is 2.55 bits per heavy atom. The minimum atomic E-state index is -0.630. The van der Waals surface area contributed by atoms with E-state index in [0.29, 0.717) is 11.8 Å². The van der Waals surface area contributed by atoms with Crippen LogP contribution in [0.4, 0.5) is 4.39 Å². The Morgan fingerprint density at radius 1 is 1.35 bits per heavy atom. The molecule has 0 aliphatic carbocycles. The number of carbonyl (C=O) groups excluding carboxylic acids is 1. The summed E-state index contributed by atoms with van der Waals surface area (Å²) < 4.78 is 18.4. The Balaban J connectivity index is 2.07. The van der Waals surface area contributed by atoms with Gasteiger partial charge in [0.15, 0.2) is 0 Å². The summed E-state index contributed by atoms with van der Waals surface area (Å²) >= 11 is 0. The lowest BCUT2D eigenvalue weighted by Gasteiger charge is -2.35. The first-order valence-corrected chi connectivity index (χ1v) is 7.08. The van der Waals surface area contributed by atoms with Crippen molar-refractivity contribution in [1.29, 1.82) is 0 Å². The van der Waals surface area contributed by atoms with Crippen LogP contribution in [0.25, 0.3) is 0 Å². The predicted octanol–water partition coefficient (Wildman–Crippen LogP) is 3.09. The van der Waals surface area contributed by atoms with E-state index in [-0.39, 0.29) is 5.56 Å². The lowest BCUT2D eigenvalue weighted by molar-refractivity contribution is 0.0595. The van der Waals surface area contributed by atoms with Gasteiger partial charge in [-0.1, -0.05) is 19.9 Å². The van der Waals surface area contributed by atoms with Crippen LogP contribution >= 0.6 is 0 Å².